The first-order valence-corrected chi connectivity index (χ1v) is 7.88. The molecule has 0 amide bonds. The van der Waals surface area contributed by atoms with Crippen molar-refractivity contribution in [1.82, 2.24) is 9.80 Å². The number of ether oxygens (including phenoxy) is 1. The smallest absolute Gasteiger partial charge is 0.327 e. The summed E-state index contributed by atoms with van der Waals surface area (Å²) < 4.78 is 4.94. The van der Waals surface area contributed by atoms with E-state index in [9.17, 15) is 4.79 Å². The Balaban J connectivity index is 1.94. The second-order valence-electron chi connectivity index (χ2n) is 6.21. The van der Waals surface area contributed by atoms with Crippen molar-refractivity contribution in [2.75, 3.05) is 39.8 Å². The first-order chi connectivity index (χ1) is 9.55. The number of carbonyl (C=O) groups excluding carboxylic acids is 1. The van der Waals surface area contributed by atoms with Gasteiger partial charge in [-0.05, 0) is 44.8 Å². The minimum Gasteiger partial charge on any atom is -0.468 e. The normalized spacial score (nSPS) is 26.8. The number of esters is 1. The second-order valence-corrected chi connectivity index (χ2v) is 6.21. The molecule has 2 fully saturated rings. The van der Waals surface area contributed by atoms with Crippen LogP contribution in [-0.4, -0.2) is 67.2 Å². The molecular formula is C15H29N3O2. The Labute approximate surface area is 122 Å². The van der Waals surface area contributed by atoms with E-state index in [1.54, 1.807) is 0 Å². The lowest BCUT2D eigenvalue weighted by molar-refractivity contribution is -0.148. The van der Waals surface area contributed by atoms with Crippen LogP contribution in [0.2, 0.25) is 0 Å². The van der Waals surface area contributed by atoms with Crippen molar-refractivity contribution in [1.29, 1.82) is 0 Å². The zero-order valence-corrected chi connectivity index (χ0v) is 13.1. The van der Waals surface area contributed by atoms with E-state index in [1.165, 1.54) is 13.5 Å². The van der Waals surface area contributed by atoms with Crippen molar-refractivity contribution >= 4 is 5.97 Å². The summed E-state index contributed by atoms with van der Waals surface area (Å²) in [5.74, 6) is 0.0637. The van der Waals surface area contributed by atoms with Crippen molar-refractivity contribution in [2.45, 2.75) is 44.7 Å². The Kier molecular flexibility index (Phi) is 5.04. The molecule has 5 nitrogen and oxygen atoms in total. The Morgan fingerprint density at radius 1 is 1.35 bits per heavy atom. The third-order valence-corrected chi connectivity index (χ3v) is 4.93. The van der Waals surface area contributed by atoms with Gasteiger partial charge in [-0.15, -0.1) is 0 Å². The van der Waals surface area contributed by atoms with Gasteiger partial charge in [-0.2, -0.15) is 0 Å². The predicted octanol–water partition coefficient (Wildman–Crippen LogP) is 0.683. The number of hydrogen-bond acceptors (Lipinski definition) is 5. The molecule has 0 bridgehead atoms. The fourth-order valence-electron chi connectivity index (χ4n) is 3.51. The van der Waals surface area contributed by atoms with E-state index >= 15 is 0 Å². The van der Waals surface area contributed by atoms with Crippen LogP contribution >= 0.6 is 0 Å². The van der Waals surface area contributed by atoms with E-state index < -0.39 is 5.54 Å². The first kappa shape index (κ1) is 15.7. The molecule has 1 aliphatic carbocycles. The number of hydrogen-bond donors (Lipinski definition) is 1. The Bertz CT molecular complexity index is 342. The van der Waals surface area contributed by atoms with E-state index in [4.69, 9.17) is 10.5 Å². The maximum absolute atomic E-state index is 12.0. The van der Waals surface area contributed by atoms with Crippen LogP contribution in [0.15, 0.2) is 0 Å². The van der Waals surface area contributed by atoms with Crippen LogP contribution in [-0.2, 0) is 9.53 Å². The Morgan fingerprint density at radius 3 is 2.50 bits per heavy atom. The Hall–Kier alpha value is -0.650. The van der Waals surface area contributed by atoms with Crippen LogP contribution < -0.4 is 5.73 Å². The zero-order valence-electron chi connectivity index (χ0n) is 13.1. The molecule has 0 aromatic carbocycles. The third kappa shape index (κ3) is 3.15. The SMILES string of the molecule is CCN(CC)C1CCN(CC(N)(C(=O)OC)C2CC2)C1. The van der Waals surface area contributed by atoms with Crippen molar-refractivity contribution in [2.24, 2.45) is 11.7 Å². The molecule has 0 radical (unpaired) electrons. The van der Waals surface area contributed by atoms with E-state index in [-0.39, 0.29) is 5.97 Å². The fourth-order valence-corrected chi connectivity index (χ4v) is 3.51. The standard InChI is InChI=1S/C15H29N3O2/c1-4-18(5-2)13-8-9-17(10-13)11-15(16,12-6-7-12)14(19)20-3/h12-13H,4-11,16H2,1-3H3. The highest BCUT2D eigenvalue weighted by molar-refractivity contribution is 5.81. The van der Waals surface area contributed by atoms with Crippen molar-refractivity contribution in [3.63, 3.8) is 0 Å². The maximum atomic E-state index is 12.0. The number of methoxy groups -OCH3 is 1. The van der Waals surface area contributed by atoms with Crippen molar-refractivity contribution in [3.05, 3.63) is 0 Å². The van der Waals surface area contributed by atoms with E-state index in [0.717, 1.165) is 39.0 Å². The predicted molar refractivity (Wildman–Crippen MR) is 79.4 cm³/mol. The molecular weight excluding hydrogens is 254 g/mol. The zero-order chi connectivity index (χ0) is 14.8. The van der Waals surface area contributed by atoms with E-state index in [1.807, 2.05) is 0 Å². The van der Waals surface area contributed by atoms with Crippen LogP contribution in [0, 0.1) is 5.92 Å². The average Bonchev–Trinajstić information content (AvgIpc) is 3.22. The molecule has 1 aliphatic heterocycles. The van der Waals surface area contributed by atoms with E-state index in [2.05, 4.69) is 23.6 Å². The summed E-state index contributed by atoms with van der Waals surface area (Å²) >= 11 is 0. The molecule has 1 saturated carbocycles. The quantitative estimate of drug-likeness (QED) is 0.696. The lowest BCUT2D eigenvalue weighted by atomic mass is 9.94. The minimum atomic E-state index is -0.799. The first-order valence-electron chi connectivity index (χ1n) is 7.88. The van der Waals surface area contributed by atoms with Crippen molar-refractivity contribution in [3.8, 4) is 0 Å². The molecule has 0 aromatic heterocycles. The van der Waals surface area contributed by atoms with Crippen LogP contribution in [0.4, 0.5) is 0 Å². The molecule has 5 heteroatoms. The van der Waals surface area contributed by atoms with Gasteiger partial charge in [0, 0.05) is 19.1 Å². The summed E-state index contributed by atoms with van der Waals surface area (Å²) in [6.45, 7) is 9.27. The summed E-state index contributed by atoms with van der Waals surface area (Å²) in [5.41, 5.74) is 5.60. The summed E-state index contributed by atoms with van der Waals surface area (Å²) in [7, 11) is 1.44. The van der Waals surface area contributed by atoms with Gasteiger partial charge in [0.05, 0.1) is 7.11 Å². The summed E-state index contributed by atoms with van der Waals surface area (Å²) in [6.07, 6.45) is 3.28. The lowest BCUT2D eigenvalue weighted by Crippen LogP contribution is -2.58. The van der Waals surface area contributed by atoms with E-state index in [0.29, 0.717) is 18.5 Å². The molecule has 2 unspecified atom stereocenters. The monoisotopic (exact) mass is 283 g/mol. The molecule has 20 heavy (non-hydrogen) atoms. The van der Waals surface area contributed by atoms with Gasteiger partial charge in [-0.25, -0.2) is 0 Å². The van der Waals surface area contributed by atoms with Gasteiger partial charge in [-0.3, -0.25) is 14.6 Å². The van der Waals surface area contributed by atoms with Gasteiger partial charge in [0.15, 0.2) is 0 Å². The number of nitrogens with two attached hydrogens (primary N) is 1. The molecule has 0 aromatic rings. The van der Waals surface area contributed by atoms with Gasteiger partial charge in [0.1, 0.15) is 5.54 Å². The van der Waals surface area contributed by atoms with Crippen LogP contribution in [0.5, 0.6) is 0 Å². The number of likely N-dealkylation sites (tertiary alicyclic amines) is 1. The molecule has 1 saturated heterocycles. The highest BCUT2D eigenvalue weighted by Gasteiger charge is 2.50. The highest BCUT2D eigenvalue weighted by atomic mass is 16.5. The molecule has 2 N–H and O–H groups in total. The minimum absolute atomic E-state index is 0.244. The Morgan fingerprint density at radius 2 is 2.00 bits per heavy atom. The highest BCUT2D eigenvalue weighted by Crippen LogP contribution is 2.39. The third-order valence-electron chi connectivity index (χ3n) is 4.93. The van der Waals surface area contributed by atoms with Gasteiger partial charge in [-0.1, -0.05) is 13.8 Å². The number of rotatable bonds is 7. The van der Waals surface area contributed by atoms with Gasteiger partial charge < -0.3 is 10.5 Å². The van der Waals surface area contributed by atoms with Crippen LogP contribution in [0.25, 0.3) is 0 Å². The number of nitrogens with zero attached hydrogens (tertiary/aromatic N) is 2. The summed E-state index contributed by atoms with van der Waals surface area (Å²) in [4.78, 5) is 16.9. The molecule has 0 spiro atoms. The number of likely N-dealkylation sites (N-methyl/N-ethyl adjacent to an activating group) is 1. The fraction of sp³-hybridized carbons (Fsp3) is 0.933. The lowest BCUT2D eigenvalue weighted by Gasteiger charge is -2.32. The van der Waals surface area contributed by atoms with Gasteiger partial charge in [0.25, 0.3) is 0 Å². The number of carbonyl (C=O) groups is 1. The topological polar surface area (TPSA) is 58.8 Å². The molecule has 2 rings (SSSR count). The largest absolute Gasteiger partial charge is 0.468 e. The van der Waals surface area contributed by atoms with Gasteiger partial charge >= 0.3 is 5.97 Å². The van der Waals surface area contributed by atoms with Crippen molar-refractivity contribution < 1.29 is 9.53 Å². The summed E-state index contributed by atoms with van der Waals surface area (Å²) in [5, 5.41) is 0. The summed E-state index contributed by atoms with van der Waals surface area (Å²) in [6, 6.07) is 0.603. The van der Waals surface area contributed by atoms with Crippen LogP contribution in [0.1, 0.15) is 33.1 Å². The molecule has 116 valence electrons. The molecule has 2 atom stereocenters. The van der Waals surface area contributed by atoms with Crippen LogP contribution in [0.3, 0.4) is 0 Å². The van der Waals surface area contributed by atoms with Gasteiger partial charge in [0.2, 0.25) is 0 Å². The maximum Gasteiger partial charge on any atom is 0.327 e. The molecule has 1 heterocycles. The average molecular weight is 283 g/mol. The second kappa shape index (κ2) is 6.41. The molecule has 2 aliphatic rings.